The van der Waals surface area contributed by atoms with Crippen molar-refractivity contribution in [3.63, 3.8) is 0 Å². The van der Waals surface area contributed by atoms with Crippen LogP contribution in [0.4, 0.5) is 5.69 Å². The Morgan fingerprint density at radius 1 is 1.45 bits per heavy atom. The van der Waals surface area contributed by atoms with Gasteiger partial charge in [0.2, 0.25) is 0 Å². The highest BCUT2D eigenvalue weighted by Gasteiger charge is 2.12. The fourth-order valence-electron chi connectivity index (χ4n) is 1.51. The lowest BCUT2D eigenvalue weighted by Crippen LogP contribution is -1.90. The van der Waals surface area contributed by atoms with Crippen molar-refractivity contribution in [2.75, 3.05) is 11.9 Å². The summed E-state index contributed by atoms with van der Waals surface area (Å²) in [6, 6.07) is 4.37. The van der Waals surface area contributed by atoms with E-state index in [-0.39, 0.29) is 0 Å². The summed E-state index contributed by atoms with van der Waals surface area (Å²) in [5, 5.41) is 3.35. The number of anilines is 1. The van der Waals surface area contributed by atoms with Gasteiger partial charge in [-0.2, -0.15) is 0 Å². The molecule has 58 valence electrons. The van der Waals surface area contributed by atoms with E-state index in [4.69, 9.17) is 0 Å². The highest BCUT2D eigenvalue weighted by molar-refractivity contribution is 9.10. The predicted octanol–water partition coefficient (Wildman–Crippen LogP) is 2.73. The van der Waals surface area contributed by atoms with Crippen LogP contribution in [-0.2, 0) is 6.42 Å². The number of hydrogen-bond acceptors (Lipinski definition) is 1. The minimum absolute atomic E-state index is 1.08. The normalized spacial score (nSPS) is 14.4. The summed E-state index contributed by atoms with van der Waals surface area (Å²) in [4.78, 5) is 0. The standard InChI is InChI=1S/C9H10BrN/c1-6-4-8(10)7-2-3-11-9(7)5-6/h4-5,11H,2-3H2,1H3. The molecule has 11 heavy (non-hydrogen) atoms. The van der Waals surface area contributed by atoms with Crippen LogP contribution in [0.5, 0.6) is 0 Å². The van der Waals surface area contributed by atoms with Gasteiger partial charge in [0.25, 0.3) is 0 Å². The van der Waals surface area contributed by atoms with E-state index < -0.39 is 0 Å². The first-order valence-corrected chi connectivity index (χ1v) is 4.59. The van der Waals surface area contributed by atoms with Crippen LogP contribution in [0.25, 0.3) is 0 Å². The van der Waals surface area contributed by atoms with Crippen molar-refractivity contribution in [1.82, 2.24) is 0 Å². The monoisotopic (exact) mass is 211 g/mol. The topological polar surface area (TPSA) is 12.0 Å². The van der Waals surface area contributed by atoms with Gasteiger partial charge in [0, 0.05) is 16.7 Å². The van der Waals surface area contributed by atoms with E-state index in [1.54, 1.807) is 0 Å². The van der Waals surface area contributed by atoms with Crippen LogP contribution in [0.1, 0.15) is 11.1 Å². The van der Waals surface area contributed by atoms with Gasteiger partial charge in [-0.15, -0.1) is 0 Å². The van der Waals surface area contributed by atoms with E-state index in [1.807, 2.05) is 0 Å². The van der Waals surface area contributed by atoms with Gasteiger partial charge in [-0.05, 0) is 36.6 Å². The molecule has 1 aliphatic rings. The summed E-state index contributed by atoms with van der Waals surface area (Å²) < 4.78 is 1.25. The van der Waals surface area contributed by atoms with Gasteiger partial charge in [0.05, 0.1) is 0 Å². The van der Waals surface area contributed by atoms with Gasteiger partial charge >= 0.3 is 0 Å². The maximum absolute atomic E-state index is 3.56. The average Bonchev–Trinajstić information content (AvgIpc) is 2.34. The van der Waals surface area contributed by atoms with Gasteiger partial charge in [-0.25, -0.2) is 0 Å². The van der Waals surface area contributed by atoms with Crippen molar-refractivity contribution in [3.05, 3.63) is 27.7 Å². The molecule has 1 aliphatic heterocycles. The van der Waals surface area contributed by atoms with Gasteiger partial charge in [0.1, 0.15) is 0 Å². The molecule has 0 atom stereocenters. The quantitative estimate of drug-likeness (QED) is 0.697. The zero-order valence-corrected chi connectivity index (χ0v) is 8.03. The van der Waals surface area contributed by atoms with Crippen molar-refractivity contribution >= 4 is 21.6 Å². The summed E-state index contributed by atoms with van der Waals surface area (Å²) in [6.07, 6.45) is 1.15. The highest BCUT2D eigenvalue weighted by atomic mass is 79.9. The summed E-state index contributed by atoms with van der Waals surface area (Å²) in [5.41, 5.74) is 4.04. The van der Waals surface area contributed by atoms with Gasteiger partial charge in [-0.1, -0.05) is 15.9 Å². The fourth-order valence-corrected chi connectivity index (χ4v) is 2.28. The van der Waals surface area contributed by atoms with Crippen molar-refractivity contribution < 1.29 is 0 Å². The molecule has 1 heterocycles. The van der Waals surface area contributed by atoms with E-state index in [2.05, 4.69) is 40.3 Å². The molecule has 0 saturated heterocycles. The zero-order chi connectivity index (χ0) is 7.84. The molecule has 2 rings (SSSR count). The van der Waals surface area contributed by atoms with Crippen LogP contribution >= 0.6 is 15.9 Å². The molecule has 1 aromatic rings. The fraction of sp³-hybridized carbons (Fsp3) is 0.333. The Balaban J connectivity index is 2.60. The molecule has 1 nitrogen and oxygen atoms in total. The number of aryl methyl sites for hydroxylation is 1. The number of nitrogens with one attached hydrogen (secondary N) is 1. The molecule has 1 N–H and O–H groups in total. The van der Waals surface area contributed by atoms with Crippen molar-refractivity contribution in [1.29, 1.82) is 0 Å². The first-order chi connectivity index (χ1) is 5.27. The van der Waals surface area contributed by atoms with Crippen LogP contribution in [0.3, 0.4) is 0 Å². The third-order valence-corrected chi connectivity index (χ3v) is 2.74. The highest BCUT2D eigenvalue weighted by Crippen LogP contribution is 2.30. The van der Waals surface area contributed by atoms with Gasteiger partial charge in [-0.3, -0.25) is 0 Å². The number of hydrogen-bond donors (Lipinski definition) is 1. The molecule has 0 unspecified atom stereocenters. The molecular formula is C9H10BrN. The molecular weight excluding hydrogens is 202 g/mol. The Bertz CT molecular complexity index is 294. The van der Waals surface area contributed by atoms with E-state index in [9.17, 15) is 0 Å². The van der Waals surface area contributed by atoms with E-state index in [0.29, 0.717) is 0 Å². The first kappa shape index (κ1) is 7.17. The molecule has 0 spiro atoms. The van der Waals surface area contributed by atoms with Crippen LogP contribution in [-0.4, -0.2) is 6.54 Å². The largest absolute Gasteiger partial charge is 0.384 e. The lowest BCUT2D eigenvalue weighted by molar-refractivity contribution is 1.10. The van der Waals surface area contributed by atoms with E-state index in [1.165, 1.54) is 21.3 Å². The predicted molar refractivity (Wildman–Crippen MR) is 51.1 cm³/mol. The van der Waals surface area contributed by atoms with Crippen LogP contribution in [0, 0.1) is 6.92 Å². The third kappa shape index (κ3) is 1.16. The van der Waals surface area contributed by atoms with Crippen LogP contribution in [0.15, 0.2) is 16.6 Å². The second-order valence-electron chi connectivity index (χ2n) is 2.95. The average molecular weight is 212 g/mol. The Kier molecular flexibility index (Phi) is 1.64. The maximum atomic E-state index is 3.56. The third-order valence-electron chi connectivity index (χ3n) is 2.03. The lowest BCUT2D eigenvalue weighted by Gasteiger charge is -2.03. The zero-order valence-electron chi connectivity index (χ0n) is 6.45. The second-order valence-corrected chi connectivity index (χ2v) is 3.80. The number of fused-ring (bicyclic) bond motifs is 1. The Morgan fingerprint density at radius 3 is 3.09 bits per heavy atom. The van der Waals surface area contributed by atoms with Crippen LogP contribution in [0.2, 0.25) is 0 Å². The SMILES string of the molecule is Cc1cc(Br)c2c(c1)NCC2. The Morgan fingerprint density at radius 2 is 2.27 bits per heavy atom. The van der Waals surface area contributed by atoms with E-state index >= 15 is 0 Å². The molecule has 0 amide bonds. The lowest BCUT2D eigenvalue weighted by atomic mass is 10.1. The van der Waals surface area contributed by atoms with Crippen molar-refractivity contribution in [2.24, 2.45) is 0 Å². The second kappa shape index (κ2) is 2.52. The Hall–Kier alpha value is -0.500. The number of halogens is 1. The summed E-state index contributed by atoms with van der Waals surface area (Å²) in [6.45, 7) is 3.20. The molecule has 0 fully saturated rings. The van der Waals surface area contributed by atoms with Gasteiger partial charge in [0.15, 0.2) is 0 Å². The summed E-state index contributed by atoms with van der Waals surface area (Å²) in [5.74, 6) is 0. The molecule has 2 heteroatoms. The van der Waals surface area contributed by atoms with E-state index in [0.717, 1.165) is 13.0 Å². The summed E-state index contributed by atoms with van der Waals surface area (Å²) >= 11 is 3.56. The minimum atomic E-state index is 1.08. The molecule has 0 saturated carbocycles. The molecule has 0 bridgehead atoms. The molecule has 0 radical (unpaired) electrons. The smallest absolute Gasteiger partial charge is 0.0387 e. The molecule has 0 aromatic heterocycles. The van der Waals surface area contributed by atoms with Crippen molar-refractivity contribution in [2.45, 2.75) is 13.3 Å². The number of benzene rings is 1. The molecule has 1 aromatic carbocycles. The van der Waals surface area contributed by atoms with Crippen molar-refractivity contribution in [3.8, 4) is 0 Å². The maximum Gasteiger partial charge on any atom is 0.0387 e. The number of rotatable bonds is 0. The minimum Gasteiger partial charge on any atom is -0.384 e. The Labute approximate surface area is 74.9 Å². The van der Waals surface area contributed by atoms with Gasteiger partial charge < -0.3 is 5.32 Å². The summed E-state index contributed by atoms with van der Waals surface area (Å²) in [7, 11) is 0. The van der Waals surface area contributed by atoms with Crippen LogP contribution < -0.4 is 5.32 Å². The molecule has 0 aliphatic carbocycles. The first-order valence-electron chi connectivity index (χ1n) is 3.80.